The van der Waals surface area contributed by atoms with Crippen LogP contribution in [-0.4, -0.2) is 31.3 Å². The first-order chi connectivity index (χ1) is 8.56. The number of ketones is 2. The number of rotatable bonds is 5. The van der Waals surface area contributed by atoms with Gasteiger partial charge in [-0.1, -0.05) is 0 Å². The summed E-state index contributed by atoms with van der Waals surface area (Å²) in [5.41, 5.74) is 0.490. The molecule has 8 nitrogen and oxygen atoms in total. The monoisotopic (exact) mass is 248 g/mol. The molecule has 2 rings (SSSR count). The van der Waals surface area contributed by atoms with Gasteiger partial charge < -0.3 is 11.7 Å². The molecule has 0 unspecified atom stereocenters. The summed E-state index contributed by atoms with van der Waals surface area (Å²) in [5.74, 6) is 10.2. The molecule has 2 heterocycles. The summed E-state index contributed by atoms with van der Waals surface area (Å²) in [6.45, 7) is 0. The van der Waals surface area contributed by atoms with E-state index in [2.05, 4.69) is 10.2 Å². The molecule has 0 aliphatic carbocycles. The second-order valence-corrected chi connectivity index (χ2v) is 3.71. The number of nitrogens with zero attached hydrogens (tertiary/aromatic N) is 4. The van der Waals surface area contributed by atoms with Crippen LogP contribution in [0.1, 0.15) is 33.8 Å². The highest BCUT2D eigenvalue weighted by Crippen LogP contribution is 2.06. The van der Waals surface area contributed by atoms with E-state index in [1.54, 1.807) is 0 Å². The van der Waals surface area contributed by atoms with Crippen molar-refractivity contribution in [2.24, 2.45) is 0 Å². The zero-order valence-electron chi connectivity index (χ0n) is 9.48. The molecule has 2 aromatic rings. The number of nitrogens with two attached hydrogens (primary N) is 2. The summed E-state index contributed by atoms with van der Waals surface area (Å²) in [6, 6.07) is 3.00. The number of carbonyl (C=O) groups excluding carboxylic acids is 2. The van der Waals surface area contributed by atoms with Gasteiger partial charge in [0.15, 0.2) is 11.6 Å². The molecule has 4 N–H and O–H groups in total. The second kappa shape index (κ2) is 4.70. The van der Waals surface area contributed by atoms with E-state index >= 15 is 0 Å². The van der Waals surface area contributed by atoms with Crippen molar-refractivity contribution in [3.63, 3.8) is 0 Å². The van der Waals surface area contributed by atoms with Gasteiger partial charge in [0, 0.05) is 25.2 Å². The predicted molar refractivity (Wildman–Crippen MR) is 62.6 cm³/mol. The van der Waals surface area contributed by atoms with Crippen molar-refractivity contribution in [1.29, 1.82) is 0 Å². The van der Waals surface area contributed by atoms with Gasteiger partial charge in [-0.05, 0) is 12.1 Å². The molecule has 0 aromatic carbocycles. The fourth-order valence-corrected chi connectivity index (χ4v) is 1.46. The lowest BCUT2D eigenvalue weighted by molar-refractivity contribution is 0.0912. The summed E-state index contributed by atoms with van der Waals surface area (Å²) in [6.07, 6.45) is 3.05. The standard InChI is InChI=1S/C10H12N6O2/c11-15-5-3-7(13-15)9(17)1-2-10(18)8-4-6-16(12)14-8/h3-6H,1-2,11-12H2. The summed E-state index contributed by atoms with van der Waals surface area (Å²) in [4.78, 5) is 25.4. The van der Waals surface area contributed by atoms with Crippen molar-refractivity contribution in [2.75, 3.05) is 11.7 Å². The van der Waals surface area contributed by atoms with Gasteiger partial charge in [-0.2, -0.15) is 9.58 Å². The average Bonchev–Trinajstić information content (AvgIpc) is 2.94. The Morgan fingerprint density at radius 3 is 1.61 bits per heavy atom. The van der Waals surface area contributed by atoms with Crippen molar-refractivity contribution in [1.82, 2.24) is 19.8 Å². The molecule has 0 aliphatic rings. The Morgan fingerprint density at radius 1 is 0.944 bits per heavy atom. The van der Waals surface area contributed by atoms with Gasteiger partial charge in [0.2, 0.25) is 0 Å². The van der Waals surface area contributed by atoms with Crippen LogP contribution in [0.3, 0.4) is 0 Å². The van der Waals surface area contributed by atoms with Crippen LogP contribution in [0, 0.1) is 0 Å². The smallest absolute Gasteiger partial charge is 0.183 e. The molecular formula is C10H12N6O2. The molecule has 2 aromatic heterocycles. The van der Waals surface area contributed by atoms with E-state index in [0.717, 1.165) is 9.58 Å². The zero-order valence-corrected chi connectivity index (χ0v) is 9.48. The predicted octanol–water partition coefficient (Wildman–Crippen LogP) is -0.647. The summed E-state index contributed by atoms with van der Waals surface area (Å²) in [5, 5.41) is 7.52. The highest BCUT2D eigenvalue weighted by atomic mass is 16.1. The molecular weight excluding hydrogens is 236 g/mol. The summed E-state index contributed by atoms with van der Waals surface area (Å²) >= 11 is 0. The maximum Gasteiger partial charge on any atom is 0.183 e. The Morgan fingerprint density at radius 2 is 1.33 bits per heavy atom. The summed E-state index contributed by atoms with van der Waals surface area (Å²) < 4.78 is 0. The van der Waals surface area contributed by atoms with Gasteiger partial charge in [-0.3, -0.25) is 9.59 Å². The van der Waals surface area contributed by atoms with Crippen LogP contribution in [0.25, 0.3) is 0 Å². The van der Waals surface area contributed by atoms with Gasteiger partial charge in [0.1, 0.15) is 11.4 Å². The first-order valence-corrected chi connectivity index (χ1v) is 5.24. The quantitative estimate of drug-likeness (QED) is 0.535. The molecule has 0 fully saturated rings. The van der Waals surface area contributed by atoms with E-state index in [9.17, 15) is 9.59 Å². The van der Waals surface area contributed by atoms with Gasteiger partial charge in [0.05, 0.1) is 0 Å². The Kier molecular flexibility index (Phi) is 3.09. The SMILES string of the molecule is Nn1ccc(C(=O)CCC(=O)c2ccn(N)n2)n1. The molecule has 8 heteroatoms. The van der Waals surface area contributed by atoms with Crippen molar-refractivity contribution < 1.29 is 9.59 Å². The van der Waals surface area contributed by atoms with E-state index < -0.39 is 0 Å². The first kappa shape index (κ1) is 11.8. The Bertz CT molecular complexity index is 532. The topological polar surface area (TPSA) is 122 Å². The number of Topliss-reactive ketones (excluding diaryl/α,β-unsaturated/α-hetero) is 2. The Labute approximate surface area is 102 Å². The van der Waals surface area contributed by atoms with Crippen LogP contribution in [0.4, 0.5) is 0 Å². The van der Waals surface area contributed by atoms with Crippen molar-refractivity contribution in [3.05, 3.63) is 35.9 Å². The van der Waals surface area contributed by atoms with E-state index in [0.29, 0.717) is 0 Å². The number of hydrogen-bond donors (Lipinski definition) is 2. The summed E-state index contributed by atoms with van der Waals surface area (Å²) in [7, 11) is 0. The average molecular weight is 248 g/mol. The molecule has 0 bridgehead atoms. The molecule has 0 saturated carbocycles. The lowest BCUT2D eigenvalue weighted by Crippen LogP contribution is -2.12. The Balaban J connectivity index is 1.92. The number of hydrogen-bond acceptors (Lipinski definition) is 6. The minimum atomic E-state index is -0.236. The lowest BCUT2D eigenvalue weighted by atomic mass is 10.1. The van der Waals surface area contributed by atoms with E-state index in [4.69, 9.17) is 11.7 Å². The van der Waals surface area contributed by atoms with Crippen LogP contribution >= 0.6 is 0 Å². The molecule has 0 amide bonds. The van der Waals surface area contributed by atoms with Crippen LogP contribution in [0.5, 0.6) is 0 Å². The first-order valence-electron chi connectivity index (χ1n) is 5.24. The van der Waals surface area contributed by atoms with Crippen molar-refractivity contribution in [3.8, 4) is 0 Å². The lowest BCUT2D eigenvalue weighted by Gasteiger charge is -1.96. The Hall–Kier alpha value is -2.64. The van der Waals surface area contributed by atoms with Crippen LogP contribution < -0.4 is 11.7 Å². The molecule has 94 valence electrons. The van der Waals surface area contributed by atoms with Gasteiger partial charge >= 0.3 is 0 Å². The highest BCUT2D eigenvalue weighted by Gasteiger charge is 2.14. The van der Waals surface area contributed by atoms with Crippen LogP contribution in [0.15, 0.2) is 24.5 Å². The fraction of sp³-hybridized carbons (Fsp3) is 0.200. The third-order valence-electron chi connectivity index (χ3n) is 2.37. The van der Waals surface area contributed by atoms with Crippen LogP contribution in [0.2, 0.25) is 0 Å². The molecule has 0 atom stereocenters. The third kappa shape index (κ3) is 2.54. The number of nitrogen functional groups attached to an aromatic ring is 2. The largest absolute Gasteiger partial charge is 0.323 e. The highest BCUT2D eigenvalue weighted by molar-refractivity contribution is 6.00. The minimum Gasteiger partial charge on any atom is -0.323 e. The minimum absolute atomic E-state index is 0.0628. The third-order valence-corrected chi connectivity index (χ3v) is 2.37. The van der Waals surface area contributed by atoms with E-state index in [1.165, 1.54) is 24.5 Å². The molecule has 0 aliphatic heterocycles. The van der Waals surface area contributed by atoms with E-state index in [-0.39, 0.29) is 35.8 Å². The molecule has 18 heavy (non-hydrogen) atoms. The maximum absolute atomic E-state index is 11.7. The van der Waals surface area contributed by atoms with E-state index in [1.807, 2.05) is 0 Å². The molecule has 0 spiro atoms. The fourth-order valence-electron chi connectivity index (χ4n) is 1.46. The normalized spacial score (nSPS) is 10.4. The maximum atomic E-state index is 11.7. The molecule has 0 radical (unpaired) electrons. The molecule has 0 saturated heterocycles. The van der Waals surface area contributed by atoms with Gasteiger partial charge in [0.25, 0.3) is 0 Å². The van der Waals surface area contributed by atoms with Gasteiger partial charge in [-0.15, -0.1) is 10.2 Å². The van der Waals surface area contributed by atoms with Crippen LogP contribution in [-0.2, 0) is 0 Å². The number of aromatic nitrogens is 4. The second-order valence-electron chi connectivity index (χ2n) is 3.71. The van der Waals surface area contributed by atoms with Crippen molar-refractivity contribution >= 4 is 11.6 Å². The zero-order chi connectivity index (χ0) is 13.1. The number of carbonyl (C=O) groups is 2. The van der Waals surface area contributed by atoms with Gasteiger partial charge in [-0.25, -0.2) is 0 Å². The van der Waals surface area contributed by atoms with Crippen molar-refractivity contribution in [2.45, 2.75) is 12.8 Å².